The predicted molar refractivity (Wildman–Crippen MR) is 99.5 cm³/mol. The van der Waals surface area contributed by atoms with Crippen molar-refractivity contribution in [1.29, 1.82) is 0 Å². The highest BCUT2D eigenvalue weighted by atomic mass is 19.4. The number of methoxy groups -OCH3 is 2. The van der Waals surface area contributed by atoms with E-state index in [1.807, 2.05) is 0 Å². The summed E-state index contributed by atoms with van der Waals surface area (Å²) in [7, 11) is 2.62. The molecule has 1 N–H and O–H groups in total. The minimum atomic E-state index is -4.79. The molecule has 0 radical (unpaired) electrons. The van der Waals surface area contributed by atoms with Gasteiger partial charge in [0, 0.05) is 24.0 Å². The Morgan fingerprint density at radius 3 is 2.24 bits per heavy atom. The van der Waals surface area contributed by atoms with E-state index in [-0.39, 0.29) is 23.5 Å². The van der Waals surface area contributed by atoms with Gasteiger partial charge in [0.1, 0.15) is 17.1 Å². The molecule has 2 aromatic carbocycles. The number of anilines is 2. The molecular formula is C19H19F3N2O5. The Kier molecular flexibility index (Phi) is 6.92. The fourth-order valence-electron chi connectivity index (χ4n) is 2.50. The molecule has 0 heterocycles. The summed E-state index contributed by atoms with van der Waals surface area (Å²) in [6, 6.07) is 8.76. The number of nitrogens with one attached hydrogen (secondary N) is 1. The van der Waals surface area contributed by atoms with Crippen LogP contribution in [0.3, 0.4) is 0 Å². The van der Waals surface area contributed by atoms with Crippen molar-refractivity contribution in [2.45, 2.75) is 13.3 Å². The van der Waals surface area contributed by atoms with Gasteiger partial charge in [-0.1, -0.05) is 0 Å². The number of carbonyl (C=O) groups is 2. The highest BCUT2D eigenvalue weighted by molar-refractivity contribution is 6.02. The van der Waals surface area contributed by atoms with Gasteiger partial charge < -0.3 is 19.5 Å². The zero-order chi connectivity index (χ0) is 21.6. The molecule has 0 unspecified atom stereocenters. The lowest BCUT2D eigenvalue weighted by atomic mass is 10.1. The minimum absolute atomic E-state index is 0.204. The Morgan fingerprint density at radius 2 is 1.72 bits per heavy atom. The third-order valence-corrected chi connectivity index (χ3v) is 3.80. The molecule has 2 rings (SSSR count). The fourth-order valence-corrected chi connectivity index (χ4v) is 2.50. The summed E-state index contributed by atoms with van der Waals surface area (Å²) in [4.78, 5) is 25.7. The molecule has 0 spiro atoms. The summed E-state index contributed by atoms with van der Waals surface area (Å²) in [6.45, 7) is 2.02. The number of rotatable bonds is 6. The lowest BCUT2D eigenvalue weighted by Gasteiger charge is -2.22. The van der Waals surface area contributed by atoms with Gasteiger partial charge in [-0.3, -0.25) is 4.90 Å². The van der Waals surface area contributed by atoms with Crippen LogP contribution in [0.2, 0.25) is 0 Å². The minimum Gasteiger partial charge on any atom is -0.496 e. The van der Waals surface area contributed by atoms with Crippen molar-refractivity contribution in [2.24, 2.45) is 0 Å². The average molecular weight is 412 g/mol. The van der Waals surface area contributed by atoms with Crippen molar-refractivity contribution in [1.82, 2.24) is 0 Å². The summed E-state index contributed by atoms with van der Waals surface area (Å²) in [6.07, 6.45) is -4.79. The molecule has 7 nitrogen and oxygen atoms in total. The second kappa shape index (κ2) is 9.18. The number of carbonyl (C=O) groups excluding carboxylic acids is 2. The molecule has 0 atom stereocenters. The first-order chi connectivity index (χ1) is 13.7. The maximum absolute atomic E-state index is 12.6. The number of urea groups is 1. The number of amides is 2. The molecule has 0 aromatic heterocycles. The van der Waals surface area contributed by atoms with E-state index < -0.39 is 24.1 Å². The number of nitrogens with zero attached hydrogens (tertiary/aromatic N) is 1. The van der Waals surface area contributed by atoms with Crippen LogP contribution in [-0.4, -0.2) is 39.1 Å². The Balaban J connectivity index is 2.17. The molecule has 29 heavy (non-hydrogen) atoms. The van der Waals surface area contributed by atoms with Crippen molar-refractivity contribution >= 4 is 23.4 Å². The Morgan fingerprint density at radius 1 is 1.07 bits per heavy atom. The van der Waals surface area contributed by atoms with Crippen LogP contribution < -0.4 is 19.7 Å². The first-order valence-electron chi connectivity index (χ1n) is 8.39. The highest BCUT2D eigenvalue weighted by Crippen LogP contribution is 2.28. The summed E-state index contributed by atoms with van der Waals surface area (Å²) in [5.41, 5.74) is 0.933. The Bertz CT molecular complexity index is 869. The molecule has 0 saturated carbocycles. The number of esters is 1. The largest absolute Gasteiger partial charge is 0.573 e. The second-order valence-electron chi connectivity index (χ2n) is 5.62. The van der Waals surface area contributed by atoms with Gasteiger partial charge in [0.25, 0.3) is 0 Å². The maximum atomic E-state index is 12.6. The molecule has 0 aliphatic carbocycles. The molecule has 10 heteroatoms. The lowest BCUT2D eigenvalue weighted by Crippen LogP contribution is -2.34. The predicted octanol–water partition coefficient (Wildman–Crippen LogP) is 4.44. The molecule has 0 aliphatic heterocycles. The van der Waals surface area contributed by atoms with Crippen molar-refractivity contribution < 1.29 is 37.0 Å². The molecule has 0 aliphatic rings. The van der Waals surface area contributed by atoms with Gasteiger partial charge in [0.2, 0.25) is 0 Å². The third-order valence-electron chi connectivity index (χ3n) is 3.80. The summed E-state index contributed by atoms with van der Waals surface area (Å²) in [5, 5.41) is 2.59. The maximum Gasteiger partial charge on any atom is 0.573 e. The monoisotopic (exact) mass is 412 g/mol. The van der Waals surface area contributed by atoms with Gasteiger partial charge in [-0.2, -0.15) is 0 Å². The smallest absolute Gasteiger partial charge is 0.496 e. The number of hydrogen-bond donors (Lipinski definition) is 1. The van der Waals surface area contributed by atoms with E-state index in [2.05, 4.69) is 14.8 Å². The van der Waals surface area contributed by atoms with E-state index >= 15 is 0 Å². The van der Waals surface area contributed by atoms with E-state index in [9.17, 15) is 22.8 Å². The van der Waals surface area contributed by atoms with Crippen LogP contribution in [0.5, 0.6) is 11.5 Å². The summed E-state index contributed by atoms with van der Waals surface area (Å²) < 4.78 is 50.3. The number of hydrogen-bond acceptors (Lipinski definition) is 5. The molecule has 0 bridgehead atoms. The normalized spacial score (nSPS) is 10.8. The van der Waals surface area contributed by atoms with E-state index in [1.54, 1.807) is 13.0 Å². The van der Waals surface area contributed by atoms with Crippen LogP contribution in [0.1, 0.15) is 17.3 Å². The van der Waals surface area contributed by atoms with Crippen molar-refractivity contribution in [3.05, 3.63) is 48.0 Å². The lowest BCUT2D eigenvalue weighted by molar-refractivity contribution is -0.274. The topological polar surface area (TPSA) is 77.1 Å². The standard InChI is InChI=1S/C19H19F3N2O5/c1-4-24(13-7-10-15(17(25)28-3)16(11-13)27-2)18(26)23-12-5-8-14(9-6-12)29-19(20,21)22/h5-11H,4H2,1-3H3,(H,23,26). The van der Waals surface area contributed by atoms with Crippen LogP contribution in [-0.2, 0) is 4.74 Å². The molecule has 2 aromatic rings. The molecule has 0 saturated heterocycles. The molecular weight excluding hydrogens is 393 g/mol. The van der Waals surface area contributed by atoms with Gasteiger partial charge in [0.15, 0.2) is 0 Å². The van der Waals surface area contributed by atoms with Crippen LogP contribution >= 0.6 is 0 Å². The molecule has 2 amide bonds. The van der Waals surface area contributed by atoms with Crippen molar-refractivity contribution in [2.75, 3.05) is 31.0 Å². The van der Waals surface area contributed by atoms with Crippen LogP contribution in [0.15, 0.2) is 42.5 Å². The van der Waals surface area contributed by atoms with Crippen molar-refractivity contribution in [3.63, 3.8) is 0 Å². The van der Waals surface area contributed by atoms with E-state index in [1.165, 1.54) is 43.4 Å². The van der Waals surface area contributed by atoms with E-state index in [4.69, 9.17) is 4.74 Å². The van der Waals surface area contributed by atoms with Crippen LogP contribution in [0.4, 0.5) is 29.3 Å². The van der Waals surface area contributed by atoms with Crippen LogP contribution in [0, 0.1) is 0 Å². The fraction of sp³-hybridized carbons (Fsp3) is 0.263. The third kappa shape index (κ3) is 5.77. The Labute approximate surface area is 165 Å². The zero-order valence-electron chi connectivity index (χ0n) is 15.9. The second-order valence-corrected chi connectivity index (χ2v) is 5.62. The van der Waals surface area contributed by atoms with Gasteiger partial charge in [0.05, 0.1) is 14.2 Å². The van der Waals surface area contributed by atoms with Gasteiger partial charge in [-0.15, -0.1) is 13.2 Å². The molecule has 156 valence electrons. The summed E-state index contributed by atoms with van der Waals surface area (Å²) in [5.74, 6) is -0.748. The number of alkyl halides is 3. The van der Waals surface area contributed by atoms with Crippen LogP contribution in [0.25, 0.3) is 0 Å². The quantitative estimate of drug-likeness (QED) is 0.710. The first-order valence-corrected chi connectivity index (χ1v) is 8.39. The Hall–Kier alpha value is -3.43. The van der Waals surface area contributed by atoms with E-state index in [0.717, 1.165) is 12.1 Å². The highest BCUT2D eigenvalue weighted by Gasteiger charge is 2.31. The van der Waals surface area contributed by atoms with Gasteiger partial charge in [-0.05, 0) is 43.3 Å². The van der Waals surface area contributed by atoms with Gasteiger partial charge >= 0.3 is 18.4 Å². The van der Waals surface area contributed by atoms with E-state index in [0.29, 0.717) is 5.69 Å². The SMILES string of the molecule is CCN(C(=O)Nc1ccc(OC(F)(F)F)cc1)c1ccc(C(=O)OC)c(OC)c1. The average Bonchev–Trinajstić information content (AvgIpc) is 2.68. The zero-order valence-corrected chi connectivity index (χ0v) is 15.9. The number of benzene rings is 2. The van der Waals surface area contributed by atoms with Gasteiger partial charge in [-0.25, -0.2) is 9.59 Å². The molecule has 0 fully saturated rings. The number of halogens is 3. The van der Waals surface area contributed by atoms with Crippen molar-refractivity contribution in [3.8, 4) is 11.5 Å². The number of ether oxygens (including phenoxy) is 3. The first kappa shape index (κ1) is 21.9. The summed E-state index contributed by atoms with van der Waals surface area (Å²) >= 11 is 0.